The van der Waals surface area contributed by atoms with E-state index in [2.05, 4.69) is 20.4 Å². The van der Waals surface area contributed by atoms with Crippen LogP contribution in [0.3, 0.4) is 0 Å². The van der Waals surface area contributed by atoms with Gasteiger partial charge in [0.05, 0.1) is 11.3 Å². The molecule has 0 fully saturated rings. The van der Waals surface area contributed by atoms with E-state index < -0.39 is 0 Å². The Bertz CT molecular complexity index is 1180. The van der Waals surface area contributed by atoms with Crippen LogP contribution in [0.1, 0.15) is 42.7 Å². The van der Waals surface area contributed by atoms with Crippen LogP contribution in [0.5, 0.6) is 0 Å². The van der Waals surface area contributed by atoms with Crippen molar-refractivity contribution in [3.8, 4) is 0 Å². The normalized spacial score (nSPS) is 12.0. The van der Waals surface area contributed by atoms with Crippen molar-refractivity contribution in [3.63, 3.8) is 0 Å². The minimum absolute atomic E-state index is 0.176. The monoisotopic (exact) mass is 363 g/mol. The van der Waals surface area contributed by atoms with Gasteiger partial charge in [-0.05, 0) is 31.2 Å². The van der Waals surface area contributed by atoms with Crippen molar-refractivity contribution in [1.29, 1.82) is 0 Å². The van der Waals surface area contributed by atoms with E-state index >= 15 is 0 Å². The van der Waals surface area contributed by atoms with Crippen LogP contribution in [-0.2, 0) is 12.5 Å². The highest BCUT2D eigenvalue weighted by atomic mass is 16.3. The van der Waals surface area contributed by atoms with Crippen molar-refractivity contribution in [2.45, 2.75) is 33.1 Å². The third kappa shape index (κ3) is 3.05. The Morgan fingerprint density at radius 3 is 2.74 bits per heavy atom. The number of aromatic nitrogens is 4. The fourth-order valence-electron chi connectivity index (χ4n) is 2.96. The second-order valence-corrected chi connectivity index (χ2v) is 7.71. The standard InChI is InChI=1S/C20H21N5O2/c1-11-14-8-12(10-21-17(14)25(5)24-11)18(26)22-13-6-7-16-15(9-13)23-19(27-16)20(2,3)4/h6-10H,1-5H3,(H,22,26). The molecule has 7 heteroatoms. The molecule has 27 heavy (non-hydrogen) atoms. The number of pyridine rings is 1. The van der Waals surface area contributed by atoms with Crippen LogP contribution in [0, 0.1) is 6.92 Å². The second-order valence-electron chi connectivity index (χ2n) is 7.71. The highest BCUT2D eigenvalue weighted by Crippen LogP contribution is 2.27. The minimum atomic E-state index is -0.230. The molecule has 0 aliphatic heterocycles. The van der Waals surface area contributed by atoms with Crippen LogP contribution in [0.4, 0.5) is 5.69 Å². The molecule has 0 saturated carbocycles. The van der Waals surface area contributed by atoms with E-state index in [4.69, 9.17) is 4.42 Å². The minimum Gasteiger partial charge on any atom is -0.440 e. The van der Waals surface area contributed by atoms with Crippen molar-refractivity contribution in [2.75, 3.05) is 5.32 Å². The van der Waals surface area contributed by atoms with Gasteiger partial charge >= 0.3 is 0 Å². The molecule has 0 bridgehead atoms. The van der Waals surface area contributed by atoms with E-state index in [1.807, 2.05) is 52.9 Å². The van der Waals surface area contributed by atoms with E-state index in [0.717, 1.165) is 22.2 Å². The molecule has 7 nitrogen and oxygen atoms in total. The summed E-state index contributed by atoms with van der Waals surface area (Å²) in [5.74, 6) is 0.439. The van der Waals surface area contributed by atoms with Crippen LogP contribution in [0.25, 0.3) is 22.1 Å². The Morgan fingerprint density at radius 1 is 1.22 bits per heavy atom. The van der Waals surface area contributed by atoms with Gasteiger partial charge in [0.15, 0.2) is 11.2 Å². The first-order valence-corrected chi connectivity index (χ1v) is 8.74. The number of carbonyl (C=O) groups is 1. The first-order valence-electron chi connectivity index (χ1n) is 8.74. The Kier molecular flexibility index (Phi) is 3.76. The molecule has 0 aliphatic carbocycles. The molecule has 3 heterocycles. The number of oxazole rings is 1. The summed E-state index contributed by atoms with van der Waals surface area (Å²) in [4.78, 5) is 21.5. The maximum Gasteiger partial charge on any atom is 0.257 e. The summed E-state index contributed by atoms with van der Waals surface area (Å²) in [6, 6.07) is 7.25. The smallest absolute Gasteiger partial charge is 0.257 e. The fourth-order valence-corrected chi connectivity index (χ4v) is 2.96. The van der Waals surface area contributed by atoms with Crippen molar-refractivity contribution in [3.05, 3.63) is 47.6 Å². The first kappa shape index (κ1) is 17.2. The van der Waals surface area contributed by atoms with Gasteiger partial charge in [-0.15, -0.1) is 0 Å². The van der Waals surface area contributed by atoms with Crippen LogP contribution >= 0.6 is 0 Å². The predicted octanol–water partition coefficient (Wildman–Crippen LogP) is 3.97. The number of aryl methyl sites for hydroxylation is 2. The van der Waals surface area contributed by atoms with Gasteiger partial charge in [-0.3, -0.25) is 9.48 Å². The summed E-state index contributed by atoms with van der Waals surface area (Å²) in [6.45, 7) is 8.04. The number of amides is 1. The van der Waals surface area contributed by atoms with Gasteiger partial charge in [0.25, 0.3) is 5.91 Å². The number of carbonyl (C=O) groups excluding carboxylic acids is 1. The molecule has 3 aromatic heterocycles. The van der Waals surface area contributed by atoms with E-state index in [9.17, 15) is 4.79 Å². The molecule has 138 valence electrons. The van der Waals surface area contributed by atoms with Crippen LogP contribution in [0.15, 0.2) is 34.9 Å². The Hall–Kier alpha value is -3.22. The maximum atomic E-state index is 12.7. The van der Waals surface area contributed by atoms with Gasteiger partial charge < -0.3 is 9.73 Å². The fraction of sp³-hybridized carbons (Fsp3) is 0.300. The van der Waals surface area contributed by atoms with Gasteiger partial charge in [-0.25, -0.2) is 9.97 Å². The highest BCUT2D eigenvalue weighted by Gasteiger charge is 2.21. The molecule has 0 spiro atoms. The molecule has 1 amide bonds. The zero-order valence-electron chi connectivity index (χ0n) is 16.0. The largest absolute Gasteiger partial charge is 0.440 e. The van der Waals surface area contributed by atoms with E-state index in [-0.39, 0.29) is 11.3 Å². The molecule has 0 saturated heterocycles. The molecule has 0 atom stereocenters. The summed E-state index contributed by atoms with van der Waals surface area (Å²) in [5, 5.41) is 8.10. The molecule has 4 aromatic rings. The van der Waals surface area contributed by atoms with Gasteiger partial charge in [0.2, 0.25) is 5.89 Å². The maximum absolute atomic E-state index is 12.7. The SMILES string of the molecule is Cc1nn(C)c2ncc(C(=O)Nc3ccc4oc(C(C)(C)C)nc4c3)cc12. The summed E-state index contributed by atoms with van der Waals surface area (Å²) in [6.07, 6.45) is 1.56. The van der Waals surface area contributed by atoms with Gasteiger partial charge in [-0.1, -0.05) is 20.8 Å². The third-order valence-electron chi connectivity index (χ3n) is 4.41. The molecule has 0 aliphatic rings. The predicted molar refractivity (Wildman–Crippen MR) is 104 cm³/mol. The number of fused-ring (bicyclic) bond motifs is 2. The lowest BCUT2D eigenvalue weighted by atomic mass is 9.97. The number of nitrogens with zero attached hydrogens (tertiary/aromatic N) is 4. The Labute approximate surface area is 156 Å². The van der Waals surface area contributed by atoms with Crippen LogP contribution in [0.2, 0.25) is 0 Å². The van der Waals surface area contributed by atoms with E-state index in [1.165, 1.54) is 0 Å². The average Bonchev–Trinajstić information content (AvgIpc) is 3.15. The zero-order valence-corrected chi connectivity index (χ0v) is 16.0. The van der Waals surface area contributed by atoms with Gasteiger partial charge in [0, 0.05) is 29.7 Å². The lowest BCUT2D eigenvalue weighted by molar-refractivity contribution is 0.102. The molecular weight excluding hydrogens is 342 g/mol. The summed E-state index contributed by atoms with van der Waals surface area (Å²) >= 11 is 0. The third-order valence-corrected chi connectivity index (χ3v) is 4.41. The number of benzene rings is 1. The number of anilines is 1. The van der Waals surface area contributed by atoms with E-state index in [1.54, 1.807) is 16.9 Å². The highest BCUT2D eigenvalue weighted by molar-refractivity contribution is 6.06. The first-order chi connectivity index (χ1) is 12.7. The lowest BCUT2D eigenvalue weighted by Gasteiger charge is -2.11. The second kappa shape index (κ2) is 5.90. The summed E-state index contributed by atoms with van der Waals surface area (Å²) in [5.41, 5.74) is 3.97. The van der Waals surface area contributed by atoms with Crippen LogP contribution < -0.4 is 5.32 Å². The van der Waals surface area contributed by atoms with Crippen molar-refractivity contribution < 1.29 is 9.21 Å². The number of hydrogen-bond acceptors (Lipinski definition) is 5. The van der Waals surface area contributed by atoms with Crippen molar-refractivity contribution in [2.24, 2.45) is 7.05 Å². The van der Waals surface area contributed by atoms with Crippen molar-refractivity contribution >= 4 is 33.7 Å². The molecule has 0 radical (unpaired) electrons. The zero-order chi connectivity index (χ0) is 19.3. The molecule has 0 unspecified atom stereocenters. The van der Waals surface area contributed by atoms with Gasteiger partial charge in [0.1, 0.15) is 5.52 Å². The Morgan fingerprint density at radius 2 is 2.00 bits per heavy atom. The average molecular weight is 363 g/mol. The lowest BCUT2D eigenvalue weighted by Crippen LogP contribution is -2.12. The molecule has 1 aromatic carbocycles. The molecular formula is C20H21N5O2. The van der Waals surface area contributed by atoms with Gasteiger partial charge in [-0.2, -0.15) is 5.10 Å². The summed E-state index contributed by atoms with van der Waals surface area (Å²) < 4.78 is 7.50. The molecule has 4 rings (SSSR count). The number of rotatable bonds is 2. The number of nitrogens with one attached hydrogen (secondary N) is 1. The Balaban J connectivity index is 1.63. The van der Waals surface area contributed by atoms with Crippen molar-refractivity contribution in [1.82, 2.24) is 19.7 Å². The topological polar surface area (TPSA) is 85.8 Å². The molecule has 1 N–H and O–H groups in total. The summed E-state index contributed by atoms with van der Waals surface area (Å²) in [7, 11) is 1.83. The van der Waals surface area contributed by atoms with E-state index in [0.29, 0.717) is 22.7 Å². The quantitative estimate of drug-likeness (QED) is 0.582. The number of hydrogen-bond donors (Lipinski definition) is 1. The van der Waals surface area contributed by atoms with Crippen LogP contribution in [-0.4, -0.2) is 25.7 Å².